The van der Waals surface area contributed by atoms with Gasteiger partial charge < -0.3 is 14.5 Å². The molecule has 0 unspecified atom stereocenters. The van der Waals surface area contributed by atoms with Crippen LogP contribution in [-0.2, 0) is 0 Å². The van der Waals surface area contributed by atoms with Crippen LogP contribution in [0, 0.1) is 18.3 Å². The number of esters is 1. The maximum atomic E-state index is 12.4. The molecule has 146 valence electrons. The van der Waals surface area contributed by atoms with E-state index in [4.69, 9.17) is 21.1 Å². The molecule has 7 heteroatoms. The van der Waals surface area contributed by atoms with Gasteiger partial charge in [-0.2, -0.15) is 5.26 Å². The first-order chi connectivity index (χ1) is 13.9. The van der Waals surface area contributed by atoms with Gasteiger partial charge in [0.05, 0.1) is 12.2 Å². The van der Waals surface area contributed by atoms with Crippen molar-refractivity contribution in [2.75, 3.05) is 6.61 Å². The van der Waals surface area contributed by atoms with E-state index in [1.807, 2.05) is 6.07 Å². The summed E-state index contributed by atoms with van der Waals surface area (Å²) in [6.45, 7) is 3.88. The lowest BCUT2D eigenvalue weighted by molar-refractivity contribution is 0.0728. The highest BCUT2D eigenvalue weighted by molar-refractivity contribution is 6.30. The van der Waals surface area contributed by atoms with Gasteiger partial charge in [0.1, 0.15) is 11.6 Å². The summed E-state index contributed by atoms with van der Waals surface area (Å²) in [6.07, 6.45) is 0. The quantitative estimate of drug-likeness (QED) is 0.496. The number of nitrogens with one attached hydrogen (secondary N) is 1. The zero-order chi connectivity index (χ0) is 21.0. The number of aryl methyl sites for hydroxylation is 1. The Morgan fingerprint density at radius 2 is 1.86 bits per heavy atom. The van der Waals surface area contributed by atoms with Crippen molar-refractivity contribution in [1.29, 1.82) is 5.26 Å². The number of hydrogen-bond donors (Lipinski definition) is 1. The summed E-state index contributed by atoms with van der Waals surface area (Å²) in [6, 6.07) is 14.9. The second kappa shape index (κ2) is 8.63. The average molecular weight is 409 g/mol. The van der Waals surface area contributed by atoms with Gasteiger partial charge in [-0.05, 0) is 61.9 Å². The monoisotopic (exact) mass is 408 g/mol. The van der Waals surface area contributed by atoms with E-state index in [-0.39, 0.29) is 11.3 Å². The van der Waals surface area contributed by atoms with Crippen LogP contribution in [0.5, 0.6) is 11.5 Å². The van der Waals surface area contributed by atoms with Crippen molar-refractivity contribution >= 4 is 17.6 Å². The number of pyridine rings is 1. The van der Waals surface area contributed by atoms with Gasteiger partial charge in [0.25, 0.3) is 5.56 Å². The number of carbonyl (C=O) groups is 1. The van der Waals surface area contributed by atoms with Gasteiger partial charge in [0, 0.05) is 16.3 Å². The molecular formula is C22H17ClN2O4. The molecule has 0 bridgehead atoms. The number of halogens is 1. The van der Waals surface area contributed by atoms with Gasteiger partial charge >= 0.3 is 5.97 Å². The number of aromatic amines is 1. The highest BCUT2D eigenvalue weighted by Crippen LogP contribution is 2.34. The van der Waals surface area contributed by atoms with E-state index in [0.717, 1.165) is 0 Å². The molecule has 0 fully saturated rings. The highest BCUT2D eigenvalue weighted by Gasteiger charge is 2.16. The Hall–Kier alpha value is -3.56. The highest BCUT2D eigenvalue weighted by atomic mass is 35.5. The van der Waals surface area contributed by atoms with Crippen LogP contribution in [0.4, 0.5) is 0 Å². The van der Waals surface area contributed by atoms with Crippen molar-refractivity contribution < 1.29 is 14.3 Å². The van der Waals surface area contributed by atoms with Crippen molar-refractivity contribution in [2.45, 2.75) is 13.8 Å². The summed E-state index contributed by atoms with van der Waals surface area (Å²) in [5.41, 5.74) is 1.59. The largest absolute Gasteiger partial charge is 0.490 e. The molecule has 3 aromatic rings. The minimum absolute atomic E-state index is 0.00366. The second-order valence-electron chi connectivity index (χ2n) is 6.17. The summed E-state index contributed by atoms with van der Waals surface area (Å²) in [7, 11) is 0. The van der Waals surface area contributed by atoms with Crippen LogP contribution >= 0.6 is 11.6 Å². The van der Waals surface area contributed by atoms with Crippen molar-refractivity contribution in [3.63, 3.8) is 0 Å². The normalized spacial score (nSPS) is 10.3. The first-order valence-electron chi connectivity index (χ1n) is 8.82. The maximum Gasteiger partial charge on any atom is 0.343 e. The van der Waals surface area contributed by atoms with Crippen molar-refractivity contribution in [3.05, 3.63) is 80.7 Å². The average Bonchev–Trinajstić information content (AvgIpc) is 2.69. The fourth-order valence-corrected chi connectivity index (χ4v) is 2.93. The number of carbonyl (C=O) groups excluding carboxylic acids is 1. The number of H-pyrrole nitrogens is 1. The molecule has 0 saturated heterocycles. The summed E-state index contributed by atoms with van der Waals surface area (Å²) >= 11 is 5.85. The molecule has 6 nitrogen and oxygen atoms in total. The fourth-order valence-electron chi connectivity index (χ4n) is 2.80. The molecular weight excluding hydrogens is 392 g/mol. The molecule has 1 aromatic heterocycles. The lowest BCUT2D eigenvalue weighted by Crippen LogP contribution is -2.13. The lowest BCUT2D eigenvalue weighted by Gasteiger charge is -2.13. The molecule has 0 amide bonds. The number of hydrogen-bond acceptors (Lipinski definition) is 5. The number of rotatable bonds is 5. The predicted molar refractivity (Wildman–Crippen MR) is 110 cm³/mol. The first-order valence-corrected chi connectivity index (χ1v) is 9.19. The van der Waals surface area contributed by atoms with Crippen LogP contribution < -0.4 is 15.0 Å². The van der Waals surface area contributed by atoms with E-state index in [0.29, 0.717) is 39.8 Å². The predicted octanol–water partition coefficient (Wildman–Crippen LogP) is 4.49. The Morgan fingerprint density at radius 3 is 2.52 bits per heavy atom. The molecule has 3 rings (SSSR count). The van der Waals surface area contributed by atoms with Crippen LogP contribution in [0.15, 0.2) is 53.3 Å². The number of benzene rings is 2. The van der Waals surface area contributed by atoms with Gasteiger partial charge in [-0.15, -0.1) is 0 Å². The maximum absolute atomic E-state index is 12.4. The van der Waals surface area contributed by atoms with Gasteiger partial charge in [-0.1, -0.05) is 17.7 Å². The topological polar surface area (TPSA) is 92.2 Å². The van der Waals surface area contributed by atoms with Crippen LogP contribution in [0.25, 0.3) is 11.1 Å². The minimum atomic E-state index is -0.555. The molecule has 0 spiro atoms. The third-order valence-electron chi connectivity index (χ3n) is 4.12. The molecule has 0 radical (unpaired) electrons. The van der Waals surface area contributed by atoms with Gasteiger partial charge in [0.2, 0.25) is 0 Å². The zero-order valence-electron chi connectivity index (χ0n) is 15.8. The van der Waals surface area contributed by atoms with E-state index < -0.39 is 11.5 Å². The first kappa shape index (κ1) is 20.2. The van der Waals surface area contributed by atoms with Gasteiger partial charge in [-0.3, -0.25) is 4.79 Å². The lowest BCUT2D eigenvalue weighted by atomic mass is 10.0. The van der Waals surface area contributed by atoms with Crippen LogP contribution in [-0.4, -0.2) is 17.6 Å². The smallest absolute Gasteiger partial charge is 0.343 e. The summed E-state index contributed by atoms with van der Waals surface area (Å²) < 4.78 is 11.1. The van der Waals surface area contributed by atoms with Crippen molar-refractivity contribution in [2.24, 2.45) is 0 Å². The van der Waals surface area contributed by atoms with Gasteiger partial charge in [0.15, 0.2) is 11.5 Å². The van der Waals surface area contributed by atoms with Crippen LogP contribution in [0.3, 0.4) is 0 Å². The third-order valence-corrected chi connectivity index (χ3v) is 4.37. The fraction of sp³-hybridized carbons (Fsp3) is 0.136. The second-order valence-corrected chi connectivity index (χ2v) is 6.61. The minimum Gasteiger partial charge on any atom is -0.490 e. The molecule has 1 heterocycles. The van der Waals surface area contributed by atoms with Crippen molar-refractivity contribution in [1.82, 2.24) is 4.98 Å². The van der Waals surface area contributed by atoms with E-state index in [9.17, 15) is 14.9 Å². The number of aromatic nitrogens is 1. The Balaban J connectivity index is 2.00. The van der Waals surface area contributed by atoms with Crippen LogP contribution in [0.1, 0.15) is 28.5 Å². The molecule has 29 heavy (non-hydrogen) atoms. The summed E-state index contributed by atoms with van der Waals surface area (Å²) in [5, 5.41) is 9.88. The zero-order valence-corrected chi connectivity index (χ0v) is 16.5. The summed E-state index contributed by atoms with van der Waals surface area (Å²) in [4.78, 5) is 27.1. The van der Waals surface area contributed by atoms with Gasteiger partial charge in [-0.25, -0.2) is 4.79 Å². The molecule has 1 N–H and O–H groups in total. The third kappa shape index (κ3) is 4.48. The number of nitriles is 1. The molecule has 2 aromatic carbocycles. The standard InChI is InChI=1S/C22H17ClN2O4/c1-3-28-20-11-15(17-10-13(2)25-21(26)18(17)12-24)6-9-19(20)29-22(27)14-4-7-16(23)8-5-14/h4-11H,3H2,1-2H3,(H,25,26). The Bertz CT molecular complexity index is 1160. The Kier molecular flexibility index (Phi) is 6.01. The van der Waals surface area contributed by atoms with E-state index >= 15 is 0 Å². The van der Waals surface area contributed by atoms with E-state index in [1.54, 1.807) is 62.4 Å². The van der Waals surface area contributed by atoms with E-state index in [2.05, 4.69) is 4.98 Å². The van der Waals surface area contributed by atoms with Crippen molar-refractivity contribution in [3.8, 4) is 28.7 Å². The summed E-state index contributed by atoms with van der Waals surface area (Å²) in [5.74, 6) is 0.00448. The van der Waals surface area contributed by atoms with E-state index in [1.165, 1.54) is 0 Å². The number of nitrogens with zero attached hydrogens (tertiary/aromatic N) is 1. The molecule has 0 saturated carbocycles. The molecule has 0 aliphatic rings. The molecule has 0 aliphatic carbocycles. The SMILES string of the molecule is CCOc1cc(-c2cc(C)[nH]c(=O)c2C#N)ccc1OC(=O)c1ccc(Cl)cc1. The Morgan fingerprint density at radius 1 is 1.14 bits per heavy atom. The molecule has 0 aliphatic heterocycles. The molecule has 0 atom stereocenters. The number of ether oxygens (including phenoxy) is 2. The van der Waals surface area contributed by atoms with Crippen LogP contribution in [0.2, 0.25) is 5.02 Å². The Labute approximate surface area is 172 Å².